The first-order valence-corrected chi connectivity index (χ1v) is 7.60. The van der Waals surface area contributed by atoms with Crippen molar-refractivity contribution in [3.05, 3.63) is 35.4 Å². The van der Waals surface area contributed by atoms with E-state index in [0.29, 0.717) is 12.0 Å². The molecular weight excluding hydrogens is 272 g/mol. The van der Waals surface area contributed by atoms with Gasteiger partial charge in [-0.2, -0.15) is 0 Å². The van der Waals surface area contributed by atoms with E-state index in [-0.39, 0.29) is 11.6 Å². The van der Waals surface area contributed by atoms with Crippen LogP contribution in [0.25, 0.3) is 0 Å². The highest BCUT2D eigenvalue weighted by Gasteiger charge is 2.20. The second-order valence-electron chi connectivity index (χ2n) is 6.09. The van der Waals surface area contributed by atoms with E-state index in [4.69, 9.17) is 4.74 Å². The molecule has 2 nitrogen and oxygen atoms in total. The average Bonchev–Trinajstić information content (AvgIpc) is 2.44. The number of hydrogen-bond acceptors (Lipinski definition) is 2. The molecule has 0 aliphatic heterocycles. The highest BCUT2D eigenvalue weighted by molar-refractivity contribution is 5.19. The maximum absolute atomic E-state index is 13.8. The van der Waals surface area contributed by atoms with E-state index in [1.807, 2.05) is 13.8 Å². The summed E-state index contributed by atoms with van der Waals surface area (Å²) in [6.45, 7) is 7.08. The number of halogens is 2. The van der Waals surface area contributed by atoms with E-state index < -0.39 is 11.6 Å². The number of nitrogens with one attached hydrogen (secondary N) is 1. The minimum Gasteiger partial charge on any atom is -0.379 e. The Bertz CT molecular complexity index is 435. The first-order valence-electron chi connectivity index (χ1n) is 7.60. The molecule has 1 aromatic rings. The Morgan fingerprint density at radius 2 is 2.00 bits per heavy atom. The summed E-state index contributed by atoms with van der Waals surface area (Å²) in [5, 5.41) is 3.44. The standard InChI is InChI=1S/C17H27F2NO/c1-5-10-20-15(8-9-17(2,3)21-4)11-13-6-7-14(18)12-16(13)19/h6-7,12,15,20H,5,8-11H2,1-4H3. The van der Waals surface area contributed by atoms with Crippen molar-refractivity contribution in [2.24, 2.45) is 0 Å². The Morgan fingerprint density at radius 1 is 1.29 bits per heavy atom. The topological polar surface area (TPSA) is 21.3 Å². The van der Waals surface area contributed by atoms with Crippen LogP contribution in [0.4, 0.5) is 8.78 Å². The van der Waals surface area contributed by atoms with Gasteiger partial charge in [0.1, 0.15) is 11.6 Å². The third-order valence-electron chi connectivity index (χ3n) is 3.81. The molecule has 0 aliphatic carbocycles. The lowest BCUT2D eigenvalue weighted by molar-refractivity contribution is 0.0117. The molecular formula is C17H27F2NO. The van der Waals surface area contributed by atoms with Crippen molar-refractivity contribution in [2.45, 2.75) is 58.1 Å². The zero-order chi connectivity index (χ0) is 15.9. The van der Waals surface area contributed by atoms with Crippen LogP contribution in [-0.4, -0.2) is 25.3 Å². The summed E-state index contributed by atoms with van der Waals surface area (Å²) in [6, 6.07) is 3.96. The molecule has 1 N–H and O–H groups in total. The normalized spacial score (nSPS) is 13.4. The van der Waals surface area contributed by atoms with Crippen molar-refractivity contribution in [1.29, 1.82) is 0 Å². The number of benzene rings is 1. The summed E-state index contributed by atoms with van der Waals surface area (Å²) in [4.78, 5) is 0. The number of hydrogen-bond donors (Lipinski definition) is 1. The van der Waals surface area contributed by atoms with Crippen LogP contribution in [0.2, 0.25) is 0 Å². The van der Waals surface area contributed by atoms with E-state index in [2.05, 4.69) is 12.2 Å². The Kier molecular flexibility index (Phi) is 7.26. The van der Waals surface area contributed by atoms with Crippen molar-refractivity contribution in [3.63, 3.8) is 0 Å². The SMILES string of the molecule is CCCNC(CCC(C)(C)OC)Cc1ccc(F)cc1F. The lowest BCUT2D eigenvalue weighted by atomic mass is 9.95. The van der Waals surface area contributed by atoms with Gasteiger partial charge in [-0.25, -0.2) is 8.78 Å². The minimum absolute atomic E-state index is 0.166. The molecule has 0 aliphatic rings. The van der Waals surface area contributed by atoms with Crippen LogP contribution in [0.5, 0.6) is 0 Å². The van der Waals surface area contributed by atoms with Crippen LogP contribution < -0.4 is 5.32 Å². The van der Waals surface area contributed by atoms with Gasteiger partial charge in [-0.1, -0.05) is 13.0 Å². The highest BCUT2D eigenvalue weighted by Crippen LogP contribution is 2.19. The third kappa shape index (κ3) is 6.53. The molecule has 4 heteroatoms. The molecule has 0 saturated carbocycles. The molecule has 120 valence electrons. The van der Waals surface area contributed by atoms with Gasteiger partial charge in [0.05, 0.1) is 5.60 Å². The van der Waals surface area contributed by atoms with Crippen molar-refractivity contribution in [1.82, 2.24) is 5.32 Å². The van der Waals surface area contributed by atoms with Crippen LogP contribution in [0.3, 0.4) is 0 Å². The smallest absolute Gasteiger partial charge is 0.129 e. The monoisotopic (exact) mass is 299 g/mol. The number of ether oxygens (including phenoxy) is 1. The molecule has 0 saturated heterocycles. The van der Waals surface area contributed by atoms with Crippen LogP contribution in [0.1, 0.15) is 45.6 Å². The van der Waals surface area contributed by atoms with Crippen molar-refractivity contribution >= 4 is 0 Å². The van der Waals surface area contributed by atoms with Crippen molar-refractivity contribution in [3.8, 4) is 0 Å². The Labute approximate surface area is 126 Å². The van der Waals surface area contributed by atoms with Crippen LogP contribution in [-0.2, 0) is 11.2 Å². The van der Waals surface area contributed by atoms with Gasteiger partial charge in [0, 0.05) is 19.2 Å². The van der Waals surface area contributed by atoms with Gasteiger partial charge in [-0.15, -0.1) is 0 Å². The molecule has 1 unspecified atom stereocenters. The fraction of sp³-hybridized carbons (Fsp3) is 0.647. The van der Waals surface area contributed by atoms with E-state index >= 15 is 0 Å². The molecule has 0 radical (unpaired) electrons. The molecule has 1 atom stereocenters. The minimum atomic E-state index is -0.533. The molecule has 21 heavy (non-hydrogen) atoms. The summed E-state index contributed by atoms with van der Waals surface area (Å²) in [7, 11) is 1.70. The van der Waals surface area contributed by atoms with Crippen LogP contribution in [0, 0.1) is 11.6 Å². The Hall–Kier alpha value is -1.00. The first-order chi connectivity index (χ1) is 9.88. The molecule has 1 rings (SSSR count). The second-order valence-corrected chi connectivity index (χ2v) is 6.09. The van der Waals surface area contributed by atoms with Gasteiger partial charge in [0.25, 0.3) is 0 Å². The molecule has 0 bridgehead atoms. The van der Waals surface area contributed by atoms with Crippen LogP contribution in [0.15, 0.2) is 18.2 Å². The van der Waals surface area contributed by atoms with Gasteiger partial charge in [-0.05, 0) is 57.7 Å². The number of rotatable bonds is 9. The quantitative estimate of drug-likeness (QED) is 0.742. The summed E-state index contributed by atoms with van der Waals surface area (Å²) in [6.07, 6.45) is 3.35. The highest BCUT2D eigenvalue weighted by atomic mass is 19.1. The molecule has 0 fully saturated rings. The maximum atomic E-state index is 13.8. The van der Waals surface area contributed by atoms with E-state index in [1.54, 1.807) is 7.11 Å². The van der Waals surface area contributed by atoms with Gasteiger partial charge >= 0.3 is 0 Å². The fourth-order valence-corrected chi connectivity index (χ4v) is 2.20. The molecule has 0 amide bonds. The Morgan fingerprint density at radius 3 is 2.57 bits per heavy atom. The summed E-state index contributed by atoms with van der Waals surface area (Å²) in [5.41, 5.74) is 0.369. The average molecular weight is 299 g/mol. The molecule has 0 aromatic heterocycles. The Balaban J connectivity index is 2.68. The largest absolute Gasteiger partial charge is 0.379 e. The molecule has 0 heterocycles. The van der Waals surface area contributed by atoms with Gasteiger partial charge in [0.2, 0.25) is 0 Å². The van der Waals surface area contributed by atoms with E-state index in [0.717, 1.165) is 31.9 Å². The zero-order valence-electron chi connectivity index (χ0n) is 13.5. The van der Waals surface area contributed by atoms with E-state index in [1.165, 1.54) is 12.1 Å². The fourth-order valence-electron chi connectivity index (χ4n) is 2.20. The lowest BCUT2D eigenvalue weighted by Crippen LogP contribution is -2.35. The zero-order valence-corrected chi connectivity index (χ0v) is 13.5. The summed E-state index contributed by atoms with van der Waals surface area (Å²) in [5.74, 6) is -1.00. The third-order valence-corrected chi connectivity index (χ3v) is 3.81. The van der Waals surface area contributed by atoms with Gasteiger partial charge in [-0.3, -0.25) is 0 Å². The molecule has 0 spiro atoms. The molecule has 1 aromatic carbocycles. The van der Waals surface area contributed by atoms with Crippen LogP contribution >= 0.6 is 0 Å². The summed E-state index contributed by atoms with van der Waals surface area (Å²) >= 11 is 0. The predicted molar refractivity (Wildman–Crippen MR) is 82.5 cm³/mol. The summed E-state index contributed by atoms with van der Waals surface area (Å²) < 4.78 is 32.2. The van der Waals surface area contributed by atoms with Gasteiger partial charge < -0.3 is 10.1 Å². The van der Waals surface area contributed by atoms with Crippen molar-refractivity contribution in [2.75, 3.05) is 13.7 Å². The van der Waals surface area contributed by atoms with E-state index in [9.17, 15) is 8.78 Å². The number of methoxy groups -OCH3 is 1. The predicted octanol–water partition coefficient (Wildman–Crippen LogP) is 4.08. The second kappa shape index (κ2) is 8.44. The first kappa shape index (κ1) is 18.1. The maximum Gasteiger partial charge on any atom is 0.129 e. The van der Waals surface area contributed by atoms with Crippen molar-refractivity contribution < 1.29 is 13.5 Å². The van der Waals surface area contributed by atoms with Gasteiger partial charge in [0.15, 0.2) is 0 Å². The lowest BCUT2D eigenvalue weighted by Gasteiger charge is -2.26.